The van der Waals surface area contributed by atoms with Gasteiger partial charge in [0.15, 0.2) is 0 Å². The lowest BCUT2D eigenvalue weighted by molar-refractivity contribution is -0.166. The van der Waals surface area contributed by atoms with Gasteiger partial charge in [0.1, 0.15) is 0 Å². The summed E-state index contributed by atoms with van der Waals surface area (Å²) in [6.07, 6.45) is -4.63. The summed E-state index contributed by atoms with van der Waals surface area (Å²) in [5.74, 6) is -6.32. The minimum absolute atomic E-state index is 0.294. The minimum atomic E-state index is -4.56. The SMILES string of the molecule is O=C(Cc1ccccc1)C(F)(F)C(F)F. The molecule has 0 unspecified atom stereocenters. The van der Waals surface area contributed by atoms with Gasteiger partial charge in [0.2, 0.25) is 5.78 Å². The fraction of sp³-hybridized carbons (Fsp3) is 0.300. The van der Waals surface area contributed by atoms with E-state index in [2.05, 4.69) is 0 Å². The molecule has 0 aliphatic heterocycles. The molecule has 0 spiro atoms. The lowest BCUT2D eigenvalue weighted by Crippen LogP contribution is -2.37. The Bertz CT molecular complexity index is 335. The maximum absolute atomic E-state index is 12.5. The van der Waals surface area contributed by atoms with Gasteiger partial charge in [-0.05, 0) is 5.56 Å². The van der Waals surface area contributed by atoms with Crippen molar-refractivity contribution in [1.82, 2.24) is 0 Å². The molecule has 0 radical (unpaired) electrons. The molecule has 0 heterocycles. The van der Waals surface area contributed by atoms with Crippen LogP contribution < -0.4 is 0 Å². The number of rotatable bonds is 4. The van der Waals surface area contributed by atoms with Crippen molar-refractivity contribution in [2.45, 2.75) is 18.8 Å². The second kappa shape index (κ2) is 4.42. The van der Waals surface area contributed by atoms with Gasteiger partial charge in [0.25, 0.3) is 0 Å². The highest BCUT2D eigenvalue weighted by molar-refractivity contribution is 5.87. The normalized spacial score (nSPS) is 11.8. The molecule has 1 nitrogen and oxygen atoms in total. The Hall–Kier alpha value is -1.39. The van der Waals surface area contributed by atoms with Crippen LogP contribution in [0.5, 0.6) is 0 Å². The van der Waals surface area contributed by atoms with Crippen LogP contribution >= 0.6 is 0 Å². The zero-order valence-corrected chi connectivity index (χ0v) is 7.59. The average Bonchev–Trinajstić information content (AvgIpc) is 2.18. The first-order chi connectivity index (χ1) is 6.94. The van der Waals surface area contributed by atoms with Gasteiger partial charge in [0.05, 0.1) is 0 Å². The van der Waals surface area contributed by atoms with E-state index in [1.165, 1.54) is 12.1 Å². The minimum Gasteiger partial charge on any atom is -0.292 e. The summed E-state index contributed by atoms with van der Waals surface area (Å²) in [5.41, 5.74) is 0.294. The third-order valence-electron chi connectivity index (χ3n) is 1.85. The van der Waals surface area contributed by atoms with Crippen LogP contribution in [0.25, 0.3) is 0 Å². The van der Waals surface area contributed by atoms with Gasteiger partial charge >= 0.3 is 12.3 Å². The molecule has 82 valence electrons. The fourth-order valence-corrected chi connectivity index (χ4v) is 1.02. The van der Waals surface area contributed by atoms with E-state index >= 15 is 0 Å². The first-order valence-corrected chi connectivity index (χ1v) is 4.17. The molecule has 0 saturated carbocycles. The predicted octanol–water partition coefficient (Wildman–Crippen LogP) is 2.70. The molecule has 1 aromatic rings. The maximum atomic E-state index is 12.5. The smallest absolute Gasteiger partial charge is 0.292 e. The fourth-order valence-electron chi connectivity index (χ4n) is 1.02. The van der Waals surface area contributed by atoms with Crippen molar-refractivity contribution in [2.24, 2.45) is 0 Å². The van der Waals surface area contributed by atoms with E-state index in [4.69, 9.17) is 0 Å². The topological polar surface area (TPSA) is 17.1 Å². The monoisotopic (exact) mass is 220 g/mol. The Kier molecular flexibility index (Phi) is 3.44. The van der Waals surface area contributed by atoms with Gasteiger partial charge in [-0.3, -0.25) is 4.79 Å². The van der Waals surface area contributed by atoms with Crippen molar-refractivity contribution in [3.8, 4) is 0 Å². The van der Waals surface area contributed by atoms with Crippen LogP contribution in [0.2, 0.25) is 0 Å². The van der Waals surface area contributed by atoms with E-state index in [0.29, 0.717) is 5.56 Å². The second-order valence-electron chi connectivity index (χ2n) is 3.01. The van der Waals surface area contributed by atoms with Crippen LogP contribution in [-0.4, -0.2) is 18.1 Å². The average molecular weight is 220 g/mol. The summed E-state index contributed by atoms with van der Waals surface area (Å²) in [6.45, 7) is 0. The van der Waals surface area contributed by atoms with Crippen molar-refractivity contribution < 1.29 is 22.4 Å². The summed E-state index contributed by atoms with van der Waals surface area (Å²) in [4.78, 5) is 10.8. The van der Waals surface area contributed by atoms with Gasteiger partial charge in [-0.15, -0.1) is 0 Å². The van der Waals surface area contributed by atoms with Crippen molar-refractivity contribution in [2.75, 3.05) is 0 Å². The van der Waals surface area contributed by atoms with Gasteiger partial charge in [-0.25, -0.2) is 8.78 Å². The number of alkyl halides is 4. The highest BCUT2D eigenvalue weighted by Gasteiger charge is 2.47. The van der Waals surface area contributed by atoms with Crippen LogP contribution in [0.4, 0.5) is 17.6 Å². The Labute approximate surface area is 83.7 Å². The molecule has 0 aromatic heterocycles. The number of hydrogen-bond donors (Lipinski definition) is 0. The second-order valence-corrected chi connectivity index (χ2v) is 3.01. The molecule has 1 aromatic carbocycles. The van der Waals surface area contributed by atoms with Crippen LogP contribution in [0.15, 0.2) is 30.3 Å². The van der Waals surface area contributed by atoms with E-state index in [0.717, 1.165) is 0 Å². The van der Waals surface area contributed by atoms with Crippen molar-refractivity contribution in [3.05, 3.63) is 35.9 Å². The number of benzene rings is 1. The van der Waals surface area contributed by atoms with Gasteiger partial charge in [0, 0.05) is 6.42 Å². The Morgan fingerprint density at radius 2 is 1.73 bits per heavy atom. The lowest BCUT2D eigenvalue weighted by atomic mass is 10.1. The molecular weight excluding hydrogens is 212 g/mol. The van der Waals surface area contributed by atoms with Gasteiger partial charge < -0.3 is 0 Å². The van der Waals surface area contributed by atoms with Crippen LogP contribution in [0.1, 0.15) is 5.56 Å². The quantitative estimate of drug-likeness (QED) is 0.713. The molecule has 0 aliphatic rings. The first-order valence-electron chi connectivity index (χ1n) is 4.17. The van der Waals surface area contributed by atoms with Crippen LogP contribution in [-0.2, 0) is 11.2 Å². The molecule has 0 bridgehead atoms. The third kappa shape index (κ3) is 2.78. The molecule has 0 fully saturated rings. The summed E-state index contributed by atoms with van der Waals surface area (Å²) >= 11 is 0. The summed E-state index contributed by atoms with van der Waals surface area (Å²) in [7, 11) is 0. The largest absolute Gasteiger partial charge is 0.364 e. The van der Waals surface area contributed by atoms with Crippen LogP contribution in [0.3, 0.4) is 0 Å². The summed E-state index contributed by atoms with van der Waals surface area (Å²) in [6, 6.07) is 7.59. The molecule has 0 N–H and O–H groups in total. The predicted molar refractivity (Wildman–Crippen MR) is 46.1 cm³/mol. The molecule has 15 heavy (non-hydrogen) atoms. The van der Waals surface area contributed by atoms with E-state index < -0.39 is 24.6 Å². The molecule has 0 amide bonds. The van der Waals surface area contributed by atoms with Crippen molar-refractivity contribution in [1.29, 1.82) is 0 Å². The van der Waals surface area contributed by atoms with E-state index in [-0.39, 0.29) is 0 Å². The number of halogens is 4. The molecular formula is C10H8F4O. The third-order valence-corrected chi connectivity index (χ3v) is 1.85. The summed E-state index contributed by atoms with van der Waals surface area (Å²) in [5, 5.41) is 0. The van der Waals surface area contributed by atoms with E-state index in [1.807, 2.05) is 0 Å². The zero-order chi connectivity index (χ0) is 11.5. The first kappa shape index (κ1) is 11.7. The lowest BCUT2D eigenvalue weighted by Gasteiger charge is -2.13. The molecule has 5 heteroatoms. The zero-order valence-electron chi connectivity index (χ0n) is 7.59. The Balaban J connectivity index is 2.72. The summed E-state index contributed by atoms with van der Waals surface area (Å²) < 4.78 is 48.6. The van der Waals surface area contributed by atoms with Crippen molar-refractivity contribution in [3.63, 3.8) is 0 Å². The van der Waals surface area contributed by atoms with Crippen LogP contribution in [0, 0.1) is 0 Å². The highest BCUT2D eigenvalue weighted by atomic mass is 19.3. The Morgan fingerprint density at radius 3 is 2.20 bits per heavy atom. The number of carbonyl (C=O) groups is 1. The van der Waals surface area contributed by atoms with Gasteiger partial charge in [-0.1, -0.05) is 30.3 Å². The number of carbonyl (C=O) groups excluding carboxylic acids is 1. The van der Waals surface area contributed by atoms with E-state index in [9.17, 15) is 22.4 Å². The maximum Gasteiger partial charge on any atom is 0.364 e. The number of hydrogen-bond acceptors (Lipinski definition) is 1. The Morgan fingerprint density at radius 1 is 1.20 bits per heavy atom. The molecule has 0 atom stereocenters. The molecule has 0 aliphatic carbocycles. The molecule has 1 rings (SSSR count). The standard InChI is InChI=1S/C10H8F4O/c11-9(12)10(13,14)8(15)6-7-4-2-1-3-5-7/h1-5,9H,6H2. The number of ketones is 1. The number of Topliss-reactive ketones (excluding diaryl/α,β-unsaturated/α-hetero) is 1. The molecule has 0 saturated heterocycles. The van der Waals surface area contributed by atoms with Crippen molar-refractivity contribution >= 4 is 5.78 Å². The van der Waals surface area contributed by atoms with Gasteiger partial charge in [-0.2, -0.15) is 8.78 Å². The highest BCUT2D eigenvalue weighted by Crippen LogP contribution is 2.25. The van der Waals surface area contributed by atoms with E-state index in [1.54, 1.807) is 18.2 Å².